The highest BCUT2D eigenvalue weighted by Crippen LogP contribution is 2.35. The SMILES string of the molecule is CC(=O)O[C@@H]1[C@H](O)C=CC2(OCCO2)[C@@H]1OC(C)=O. The van der Waals surface area contributed by atoms with Gasteiger partial charge in [0.05, 0.1) is 13.2 Å². The van der Waals surface area contributed by atoms with E-state index in [1.165, 1.54) is 26.0 Å². The molecular weight excluding hydrogens is 256 g/mol. The van der Waals surface area contributed by atoms with Gasteiger partial charge in [-0.1, -0.05) is 6.08 Å². The first kappa shape index (κ1) is 14.0. The minimum Gasteiger partial charge on any atom is -0.455 e. The van der Waals surface area contributed by atoms with E-state index in [0.29, 0.717) is 13.2 Å². The Morgan fingerprint density at radius 1 is 1.21 bits per heavy atom. The summed E-state index contributed by atoms with van der Waals surface area (Å²) in [7, 11) is 0. The highest BCUT2D eigenvalue weighted by atomic mass is 16.8. The summed E-state index contributed by atoms with van der Waals surface area (Å²) in [6.07, 6.45) is -0.315. The minimum atomic E-state index is -1.30. The maximum Gasteiger partial charge on any atom is 0.303 e. The molecule has 0 aromatic heterocycles. The molecule has 1 spiro atoms. The highest BCUT2D eigenvalue weighted by Gasteiger charge is 2.54. The van der Waals surface area contributed by atoms with E-state index in [2.05, 4.69) is 0 Å². The van der Waals surface area contributed by atoms with Gasteiger partial charge in [0.2, 0.25) is 5.79 Å². The van der Waals surface area contributed by atoms with Crippen molar-refractivity contribution in [2.24, 2.45) is 0 Å². The molecule has 0 amide bonds. The van der Waals surface area contributed by atoms with Gasteiger partial charge in [-0.15, -0.1) is 0 Å². The lowest BCUT2D eigenvalue weighted by Crippen LogP contribution is -2.58. The molecule has 0 saturated carbocycles. The Labute approximate surface area is 110 Å². The number of rotatable bonds is 2. The van der Waals surface area contributed by atoms with Crippen LogP contribution in [-0.4, -0.2) is 54.4 Å². The molecule has 1 aliphatic heterocycles. The summed E-state index contributed by atoms with van der Waals surface area (Å²) in [5.41, 5.74) is 0. The Morgan fingerprint density at radius 2 is 1.79 bits per heavy atom. The van der Waals surface area contributed by atoms with Gasteiger partial charge in [0.15, 0.2) is 12.2 Å². The van der Waals surface area contributed by atoms with Crippen molar-refractivity contribution >= 4 is 11.9 Å². The van der Waals surface area contributed by atoms with Crippen LogP contribution < -0.4 is 0 Å². The first-order chi connectivity index (χ1) is 8.94. The Kier molecular flexibility index (Phi) is 3.88. The number of hydrogen-bond donors (Lipinski definition) is 1. The van der Waals surface area contributed by atoms with Crippen molar-refractivity contribution in [3.63, 3.8) is 0 Å². The molecule has 1 fully saturated rings. The molecule has 1 aliphatic carbocycles. The normalized spacial score (nSPS) is 32.3. The number of carbonyl (C=O) groups is 2. The molecule has 0 bridgehead atoms. The third-order valence-electron chi connectivity index (χ3n) is 2.89. The standard InChI is InChI=1S/C12H16O7/c1-7(13)18-10-9(15)3-4-12(16-5-6-17-12)11(10)19-8(2)14/h3-4,9-11,15H,5-6H2,1-2H3/t9-,10-,11-/m1/s1. The van der Waals surface area contributed by atoms with Crippen molar-refractivity contribution in [1.29, 1.82) is 0 Å². The predicted octanol–water partition coefficient (Wildman–Crippen LogP) is -0.476. The summed E-state index contributed by atoms with van der Waals surface area (Å²) in [6.45, 7) is 3.08. The van der Waals surface area contributed by atoms with Crippen molar-refractivity contribution < 1.29 is 33.6 Å². The molecular formula is C12H16O7. The van der Waals surface area contributed by atoms with Crippen molar-refractivity contribution in [2.75, 3.05) is 13.2 Å². The van der Waals surface area contributed by atoms with Crippen LogP contribution in [0, 0.1) is 0 Å². The van der Waals surface area contributed by atoms with Crippen molar-refractivity contribution in [3.05, 3.63) is 12.2 Å². The third-order valence-corrected chi connectivity index (χ3v) is 2.89. The summed E-state index contributed by atoms with van der Waals surface area (Å²) in [5.74, 6) is -2.47. The average Bonchev–Trinajstić information content (AvgIpc) is 2.78. The van der Waals surface area contributed by atoms with Gasteiger partial charge in [0.1, 0.15) is 6.10 Å². The number of aliphatic hydroxyl groups excluding tert-OH is 1. The molecule has 1 heterocycles. The first-order valence-corrected chi connectivity index (χ1v) is 5.94. The Bertz CT molecular complexity index is 397. The molecule has 1 saturated heterocycles. The molecule has 7 heteroatoms. The maximum atomic E-state index is 11.2. The van der Waals surface area contributed by atoms with Gasteiger partial charge in [0.25, 0.3) is 0 Å². The predicted molar refractivity (Wildman–Crippen MR) is 60.9 cm³/mol. The summed E-state index contributed by atoms with van der Waals surface area (Å²) in [5, 5.41) is 9.88. The summed E-state index contributed by atoms with van der Waals surface area (Å²) >= 11 is 0. The Balaban J connectivity index is 2.31. The fraction of sp³-hybridized carbons (Fsp3) is 0.667. The van der Waals surface area contributed by atoms with E-state index in [-0.39, 0.29) is 0 Å². The number of carbonyl (C=O) groups excluding carboxylic acids is 2. The molecule has 19 heavy (non-hydrogen) atoms. The lowest BCUT2D eigenvalue weighted by atomic mass is 9.92. The number of ether oxygens (including phenoxy) is 4. The molecule has 2 aliphatic rings. The zero-order valence-electron chi connectivity index (χ0n) is 10.7. The van der Waals surface area contributed by atoms with Gasteiger partial charge in [0, 0.05) is 13.8 Å². The van der Waals surface area contributed by atoms with Crippen LogP contribution in [0.25, 0.3) is 0 Å². The first-order valence-electron chi connectivity index (χ1n) is 5.94. The van der Waals surface area contributed by atoms with Crippen LogP contribution in [0.5, 0.6) is 0 Å². The fourth-order valence-electron chi connectivity index (χ4n) is 2.20. The lowest BCUT2D eigenvalue weighted by Gasteiger charge is -2.40. The van der Waals surface area contributed by atoms with Gasteiger partial charge in [-0.25, -0.2) is 0 Å². The summed E-state index contributed by atoms with van der Waals surface area (Å²) < 4.78 is 21.1. The van der Waals surface area contributed by atoms with Crippen LogP contribution in [0.2, 0.25) is 0 Å². The van der Waals surface area contributed by atoms with Crippen molar-refractivity contribution in [2.45, 2.75) is 37.9 Å². The second-order valence-corrected chi connectivity index (χ2v) is 4.37. The molecule has 106 valence electrons. The quantitative estimate of drug-likeness (QED) is 0.536. The maximum absolute atomic E-state index is 11.2. The molecule has 1 N–H and O–H groups in total. The van der Waals surface area contributed by atoms with Gasteiger partial charge in [-0.05, 0) is 6.08 Å². The number of aliphatic hydroxyl groups is 1. The third kappa shape index (κ3) is 2.78. The van der Waals surface area contributed by atoms with E-state index in [0.717, 1.165) is 0 Å². The smallest absolute Gasteiger partial charge is 0.303 e. The van der Waals surface area contributed by atoms with E-state index < -0.39 is 36.0 Å². The van der Waals surface area contributed by atoms with E-state index in [1.54, 1.807) is 0 Å². The zero-order chi connectivity index (χ0) is 14.0. The minimum absolute atomic E-state index is 0.324. The second kappa shape index (κ2) is 5.28. The molecule has 7 nitrogen and oxygen atoms in total. The Hall–Kier alpha value is -1.44. The van der Waals surface area contributed by atoms with Crippen LogP contribution in [0.4, 0.5) is 0 Å². The second-order valence-electron chi connectivity index (χ2n) is 4.37. The number of esters is 2. The molecule has 0 unspecified atom stereocenters. The Morgan fingerprint density at radius 3 is 2.32 bits per heavy atom. The molecule has 0 aromatic carbocycles. The molecule has 0 aromatic rings. The zero-order valence-corrected chi connectivity index (χ0v) is 10.7. The van der Waals surface area contributed by atoms with E-state index in [1.807, 2.05) is 0 Å². The lowest BCUT2D eigenvalue weighted by molar-refractivity contribution is -0.244. The van der Waals surface area contributed by atoms with Crippen molar-refractivity contribution in [3.8, 4) is 0 Å². The van der Waals surface area contributed by atoms with Crippen LogP contribution in [0.1, 0.15) is 13.8 Å². The van der Waals surface area contributed by atoms with E-state index >= 15 is 0 Å². The molecule has 2 rings (SSSR count). The van der Waals surface area contributed by atoms with Gasteiger partial charge in [-0.2, -0.15) is 0 Å². The van der Waals surface area contributed by atoms with Gasteiger partial charge in [-0.3, -0.25) is 9.59 Å². The van der Waals surface area contributed by atoms with Crippen LogP contribution in [0.3, 0.4) is 0 Å². The summed E-state index contributed by atoms with van der Waals surface area (Å²) in [6, 6.07) is 0. The molecule has 3 atom stereocenters. The van der Waals surface area contributed by atoms with Gasteiger partial charge < -0.3 is 24.1 Å². The topological polar surface area (TPSA) is 91.3 Å². The van der Waals surface area contributed by atoms with Crippen LogP contribution in [-0.2, 0) is 28.5 Å². The van der Waals surface area contributed by atoms with Crippen LogP contribution in [0.15, 0.2) is 12.2 Å². The number of hydrogen-bond acceptors (Lipinski definition) is 7. The molecule has 0 radical (unpaired) electrons. The summed E-state index contributed by atoms with van der Waals surface area (Å²) in [4.78, 5) is 22.3. The largest absolute Gasteiger partial charge is 0.455 e. The van der Waals surface area contributed by atoms with E-state index in [4.69, 9.17) is 18.9 Å². The van der Waals surface area contributed by atoms with Crippen molar-refractivity contribution in [1.82, 2.24) is 0 Å². The average molecular weight is 272 g/mol. The van der Waals surface area contributed by atoms with Crippen LogP contribution >= 0.6 is 0 Å². The van der Waals surface area contributed by atoms with E-state index in [9.17, 15) is 14.7 Å². The monoisotopic (exact) mass is 272 g/mol. The fourth-order valence-corrected chi connectivity index (χ4v) is 2.20. The van der Waals surface area contributed by atoms with Gasteiger partial charge >= 0.3 is 11.9 Å². The highest BCUT2D eigenvalue weighted by molar-refractivity contribution is 5.67.